The lowest BCUT2D eigenvalue weighted by atomic mass is 10.1. The molecule has 0 amide bonds. The zero-order valence-corrected chi connectivity index (χ0v) is 13.9. The summed E-state index contributed by atoms with van der Waals surface area (Å²) in [5.74, 6) is 0. The summed E-state index contributed by atoms with van der Waals surface area (Å²) < 4.78 is 1.16. The van der Waals surface area contributed by atoms with E-state index in [4.69, 9.17) is 11.6 Å². The molecular weight excluding hydrogens is 347 g/mol. The van der Waals surface area contributed by atoms with Crippen LogP contribution >= 0.6 is 39.9 Å². The second-order valence-electron chi connectivity index (χ2n) is 5.40. The summed E-state index contributed by atoms with van der Waals surface area (Å²) in [5, 5.41) is 4.54. The van der Waals surface area contributed by atoms with E-state index in [9.17, 15) is 0 Å². The van der Waals surface area contributed by atoms with Crippen molar-refractivity contribution in [2.75, 3.05) is 13.1 Å². The number of nitrogens with one attached hydrogen (secondary N) is 1. The predicted octanol–water partition coefficient (Wildman–Crippen LogP) is 3.85. The summed E-state index contributed by atoms with van der Waals surface area (Å²) in [4.78, 5) is 2.55. The van der Waals surface area contributed by atoms with E-state index in [2.05, 4.69) is 32.2 Å². The number of hydrogen-bond acceptors (Lipinski definition) is 2. The molecule has 2 fully saturated rings. The Balaban J connectivity index is 0.00000133. The highest BCUT2D eigenvalue weighted by molar-refractivity contribution is 9.10. The molecule has 1 aromatic carbocycles. The van der Waals surface area contributed by atoms with E-state index in [-0.39, 0.29) is 12.4 Å². The smallest absolute Gasteiger partial charge is 0.0410 e. The zero-order chi connectivity index (χ0) is 12.5. The maximum absolute atomic E-state index is 6.08. The van der Waals surface area contributed by atoms with Gasteiger partial charge in [0.1, 0.15) is 0 Å². The minimum Gasteiger partial charge on any atom is -0.310 e. The van der Waals surface area contributed by atoms with Gasteiger partial charge in [0, 0.05) is 41.2 Å². The summed E-state index contributed by atoms with van der Waals surface area (Å²) in [6.07, 6.45) is 3.96. The lowest BCUT2D eigenvalue weighted by Crippen LogP contribution is -2.35. The van der Waals surface area contributed by atoms with Crippen LogP contribution in [0.4, 0.5) is 0 Å². The molecular formula is C14H19BrCl2N2. The zero-order valence-electron chi connectivity index (χ0n) is 10.7. The quantitative estimate of drug-likeness (QED) is 0.856. The van der Waals surface area contributed by atoms with Crippen molar-refractivity contribution in [2.45, 2.75) is 37.9 Å². The molecule has 2 bridgehead atoms. The Labute approximate surface area is 134 Å². The van der Waals surface area contributed by atoms with E-state index in [1.807, 2.05) is 12.1 Å². The van der Waals surface area contributed by atoms with Gasteiger partial charge in [-0.15, -0.1) is 12.4 Å². The van der Waals surface area contributed by atoms with Crippen LogP contribution in [0.1, 0.15) is 24.8 Å². The van der Waals surface area contributed by atoms with Crippen molar-refractivity contribution in [3.05, 3.63) is 33.3 Å². The van der Waals surface area contributed by atoms with Crippen molar-refractivity contribution in [3.8, 4) is 0 Å². The Morgan fingerprint density at radius 1 is 1.26 bits per heavy atom. The van der Waals surface area contributed by atoms with Crippen LogP contribution in [0.5, 0.6) is 0 Å². The summed E-state index contributed by atoms with van der Waals surface area (Å²) in [7, 11) is 0. The minimum atomic E-state index is 0. The van der Waals surface area contributed by atoms with E-state index in [0.29, 0.717) is 6.04 Å². The van der Waals surface area contributed by atoms with Gasteiger partial charge in [-0.25, -0.2) is 0 Å². The van der Waals surface area contributed by atoms with Crippen molar-refractivity contribution in [1.29, 1.82) is 0 Å². The Bertz CT molecular complexity index is 441. The number of nitrogens with zero attached hydrogens (tertiary/aromatic N) is 1. The van der Waals surface area contributed by atoms with Crippen molar-refractivity contribution < 1.29 is 0 Å². The van der Waals surface area contributed by atoms with Crippen LogP contribution in [0.15, 0.2) is 22.7 Å². The molecule has 2 nitrogen and oxygen atoms in total. The van der Waals surface area contributed by atoms with Gasteiger partial charge in [-0.1, -0.05) is 27.5 Å². The number of rotatable bonds is 2. The lowest BCUT2D eigenvalue weighted by Gasteiger charge is -2.24. The third-order valence-corrected chi connectivity index (χ3v) is 5.02. The van der Waals surface area contributed by atoms with Crippen LogP contribution in [0.2, 0.25) is 5.02 Å². The fourth-order valence-corrected chi connectivity index (χ4v) is 3.63. The Kier molecular flexibility index (Phi) is 5.55. The van der Waals surface area contributed by atoms with E-state index >= 15 is 0 Å². The standard InChI is InChI=1S/C14H18BrClN2.ClH/c15-14-4-1-11(16)7-10(14)8-18-6-5-12-2-3-13(9-18)17-12;/h1,4,7,12-13,17H,2-3,5-6,8-9H2;1H. The highest BCUT2D eigenvalue weighted by Gasteiger charge is 2.29. The maximum atomic E-state index is 6.08. The average Bonchev–Trinajstić information content (AvgIpc) is 2.67. The number of halogens is 3. The number of fused-ring (bicyclic) bond motifs is 2. The molecule has 2 aliphatic heterocycles. The Morgan fingerprint density at radius 3 is 2.89 bits per heavy atom. The first-order valence-corrected chi connectivity index (χ1v) is 7.80. The number of benzene rings is 1. The van der Waals surface area contributed by atoms with E-state index in [1.54, 1.807) is 0 Å². The molecule has 19 heavy (non-hydrogen) atoms. The van der Waals surface area contributed by atoms with E-state index in [1.165, 1.54) is 31.4 Å². The first-order chi connectivity index (χ1) is 8.70. The number of hydrogen-bond donors (Lipinski definition) is 1. The molecule has 2 saturated heterocycles. The van der Waals surface area contributed by atoms with Crippen molar-refractivity contribution >= 4 is 39.9 Å². The van der Waals surface area contributed by atoms with Gasteiger partial charge in [0.2, 0.25) is 0 Å². The summed E-state index contributed by atoms with van der Waals surface area (Å²) in [6, 6.07) is 7.49. The normalized spacial score (nSPS) is 26.8. The van der Waals surface area contributed by atoms with Gasteiger partial charge in [0.25, 0.3) is 0 Å². The van der Waals surface area contributed by atoms with Gasteiger partial charge in [0.05, 0.1) is 0 Å². The monoisotopic (exact) mass is 364 g/mol. The van der Waals surface area contributed by atoms with Crippen molar-refractivity contribution in [1.82, 2.24) is 10.2 Å². The van der Waals surface area contributed by atoms with Gasteiger partial charge in [-0.05, 0) is 43.0 Å². The van der Waals surface area contributed by atoms with E-state index in [0.717, 1.165) is 28.6 Å². The second kappa shape index (κ2) is 6.77. The van der Waals surface area contributed by atoms with Crippen LogP contribution in [-0.2, 0) is 6.54 Å². The minimum absolute atomic E-state index is 0. The molecule has 2 heterocycles. The van der Waals surface area contributed by atoms with Crippen LogP contribution < -0.4 is 5.32 Å². The van der Waals surface area contributed by atoms with Gasteiger partial charge < -0.3 is 5.32 Å². The molecule has 5 heteroatoms. The summed E-state index contributed by atoms with van der Waals surface area (Å²) in [5.41, 5.74) is 1.29. The molecule has 2 unspecified atom stereocenters. The first kappa shape index (κ1) is 15.6. The van der Waals surface area contributed by atoms with Gasteiger partial charge in [-0.3, -0.25) is 4.90 Å². The molecule has 106 valence electrons. The fourth-order valence-electron chi connectivity index (χ4n) is 3.06. The van der Waals surface area contributed by atoms with Crippen LogP contribution in [0, 0.1) is 0 Å². The summed E-state index contributed by atoms with van der Waals surface area (Å²) in [6.45, 7) is 3.34. The molecule has 1 N–H and O–H groups in total. The highest BCUT2D eigenvalue weighted by Crippen LogP contribution is 2.25. The third kappa shape index (κ3) is 3.85. The van der Waals surface area contributed by atoms with Crippen LogP contribution in [0.3, 0.4) is 0 Å². The first-order valence-electron chi connectivity index (χ1n) is 6.63. The molecule has 2 aliphatic rings. The summed E-state index contributed by atoms with van der Waals surface area (Å²) >= 11 is 9.69. The van der Waals surface area contributed by atoms with Crippen LogP contribution in [0.25, 0.3) is 0 Å². The Hall–Kier alpha value is 0.200. The predicted molar refractivity (Wildman–Crippen MR) is 86.2 cm³/mol. The molecule has 3 rings (SSSR count). The molecule has 2 atom stereocenters. The third-order valence-electron chi connectivity index (χ3n) is 4.01. The van der Waals surface area contributed by atoms with Crippen LogP contribution in [-0.4, -0.2) is 30.1 Å². The molecule has 0 aliphatic carbocycles. The SMILES string of the molecule is Cl.Clc1ccc(Br)c(CN2CCC3CCC(C2)N3)c1. The topological polar surface area (TPSA) is 15.3 Å². The second-order valence-corrected chi connectivity index (χ2v) is 6.69. The number of likely N-dealkylation sites (tertiary alicyclic amines) is 1. The van der Waals surface area contributed by atoms with Gasteiger partial charge >= 0.3 is 0 Å². The molecule has 0 radical (unpaired) electrons. The maximum Gasteiger partial charge on any atom is 0.0410 e. The van der Waals surface area contributed by atoms with Gasteiger partial charge in [0.15, 0.2) is 0 Å². The van der Waals surface area contributed by atoms with Gasteiger partial charge in [-0.2, -0.15) is 0 Å². The fraction of sp³-hybridized carbons (Fsp3) is 0.571. The van der Waals surface area contributed by atoms with E-state index < -0.39 is 0 Å². The average molecular weight is 366 g/mol. The molecule has 0 spiro atoms. The lowest BCUT2D eigenvalue weighted by molar-refractivity contribution is 0.250. The molecule has 0 aromatic heterocycles. The van der Waals surface area contributed by atoms with Crippen molar-refractivity contribution in [2.24, 2.45) is 0 Å². The molecule has 0 saturated carbocycles. The molecule has 1 aromatic rings. The Morgan fingerprint density at radius 2 is 2.05 bits per heavy atom. The van der Waals surface area contributed by atoms with Crippen molar-refractivity contribution in [3.63, 3.8) is 0 Å². The largest absolute Gasteiger partial charge is 0.310 e. The highest BCUT2D eigenvalue weighted by atomic mass is 79.9.